The van der Waals surface area contributed by atoms with Crippen molar-refractivity contribution < 1.29 is 14.7 Å². The van der Waals surface area contributed by atoms with Crippen LogP contribution < -0.4 is 5.32 Å². The lowest BCUT2D eigenvalue weighted by Crippen LogP contribution is -2.49. The van der Waals surface area contributed by atoms with Crippen LogP contribution in [0.2, 0.25) is 0 Å². The number of amides is 1. The largest absolute Gasteiger partial charge is 0.480 e. The van der Waals surface area contributed by atoms with E-state index in [9.17, 15) is 9.59 Å². The van der Waals surface area contributed by atoms with E-state index in [1.807, 2.05) is 11.8 Å². The summed E-state index contributed by atoms with van der Waals surface area (Å²) >= 11 is 0. The van der Waals surface area contributed by atoms with Gasteiger partial charge in [0.2, 0.25) is 5.91 Å². The zero-order chi connectivity index (χ0) is 17.5. The van der Waals surface area contributed by atoms with Gasteiger partial charge in [0.15, 0.2) is 0 Å². The molecule has 1 saturated carbocycles. The number of hydrogen-bond acceptors (Lipinski definition) is 4. The number of aliphatic carboxylic acids is 1. The van der Waals surface area contributed by atoms with Gasteiger partial charge in [0.05, 0.1) is 13.1 Å². The number of rotatable bonds is 7. The first-order valence-electron chi connectivity index (χ1n) is 9.45. The highest BCUT2D eigenvalue weighted by Gasteiger charge is 2.26. The molecular weight excluding hydrogens is 306 g/mol. The molecule has 2 fully saturated rings. The topological polar surface area (TPSA) is 72.9 Å². The standard InChI is InChI=1S/C18H33N3O3/c1-3-21(13-18(23)24)16-8-10-20(11-9-16)12-17(22)19-15-6-4-14(2)5-7-15/h14-16H,3-13H2,1-2H3,(H,19,22)(H,23,24). The van der Waals surface area contributed by atoms with E-state index in [4.69, 9.17) is 5.11 Å². The minimum atomic E-state index is -0.763. The monoisotopic (exact) mass is 339 g/mol. The smallest absolute Gasteiger partial charge is 0.317 e. The van der Waals surface area contributed by atoms with Crippen LogP contribution in [0.15, 0.2) is 0 Å². The first-order valence-corrected chi connectivity index (χ1v) is 9.45. The van der Waals surface area contributed by atoms with Crippen molar-refractivity contribution in [2.24, 2.45) is 5.92 Å². The molecule has 2 aliphatic rings. The second kappa shape index (κ2) is 9.37. The maximum Gasteiger partial charge on any atom is 0.317 e. The number of likely N-dealkylation sites (tertiary alicyclic amines) is 1. The van der Waals surface area contributed by atoms with Crippen molar-refractivity contribution in [3.8, 4) is 0 Å². The predicted octanol–water partition coefficient (Wildman–Crippen LogP) is 1.55. The van der Waals surface area contributed by atoms with Crippen LogP contribution in [0.4, 0.5) is 0 Å². The highest BCUT2D eigenvalue weighted by Crippen LogP contribution is 2.23. The molecule has 0 bridgehead atoms. The van der Waals surface area contributed by atoms with Gasteiger partial charge >= 0.3 is 5.97 Å². The van der Waals surface area contributed by atoms with Gasteiger partial charge in [0.1, 0.15) is 0 Å². The minimum absolute atomic E-state index is 0.113. The molecule has 6 heteroatoms. The number of carbonyl (C=O) groups excluding carboxylic acids is 1. The fourth-order valence-electron chi connectivity index (χ4n) is 4.00. The Bertz CT molecular complexity index is 414. The summed E-state index contributed by atoms with van der Waals surface area (Å²) in [5.41, 5.74) is 0. The quantitative estimate of drug-likeness (QED) is 0.736. The summed E-state index contributed by atoms with van der Waals surface area (Å²) in [5, 5.41) is 12.2. The number of nitrogens with one attached hydrogen (secondary N) is 1. The maximum absolute atomic E-state index is 12.2. The lowest BCUT2D eigenvalue weighted by molar-refractivity contribution is -0.139. The highest BCUT2D eigenvalue weighted by molar-refractivity contribution is 5.78. The van der Waals surface area contributed by atoms with Crippen molar-refractivity contribution in [2.75, 3.05) is 32.7 Å². The van der Waals surface area contributed by atoms with Crippen molar-refractivity contribution in [1.29, 1.82) is 0 Å². The fraction of sp³-hybridized carbons (Fsp3) is 0.889. The van der Waals surface area contributed by atoms with E-state index in [-0.39, 0.29) is 12.5 Å². The molecule has 24 heavy (non-hydrogen) atoms. The van der Waals surface area contributed by atoms with Crippen molar-refractivity contribution in [1.82, 2.24) is 15.1 Å². The Hall–Kier alpha value is -1.14. The molecule has 0 aromatic rings. The number of carboxylic acid groups (broad SMARTS) is 1. The van der Waals surface area contributed by atoms with Crippen LogP contribution in [0, 0.1) is 5.92 Å². The number of carboxylic acids is 1. The van der Waals surface area contributed by atoms with Crippen LogP contribution in [0.3, 0.4) is 0 Å². The summed E-state index contributed by atoms with van der Waals surface area (Å²) in [6.45, 7) is 7.38. The van der Waals surface area contributed by atoms with Gasteiger partial charge in [-0.1, -0.05) is 13.8 Å². The molecule has 138 valence electrons. The summed E-state index contributed by atoms with van der Waals surface area (Å²) in [4.78, 5) is 27.4. The molecule has 0 spiro atoms. The minimum Gasteiger partial charge on any atom is -0.480 e. The Morgan fingerprint density at radius 1 is 1.12 bits per heavy atom. The van der Waals surface area contributed by atoms with Gasteiger partial charge in [0, 0.05) is 25.2 Å². The van der Waals surface area contributed by atoms with E-state index in [2.05, 4.69) is 17.1 Å². The summed E-state index contributed by atoms with van der Waals surface area (Å²) in [6, 6.07) is 0.683. The molecule has 0 aromatic heterocycles. The molecule has 1 aliphatic heterocycles. The predicted molar refractivity (Wildman–Crippen MR) is 93.9 cm³/mol. The van der Waals surface area contributed by atoms with Crippen LogP contribution in [-0.2, 0) is 9.59 Å². The van der Waals surface area contributed by atoms with E-state index >= 15 is 0 Å². The average molecular weight is 339 g/mol. The zero-order valence-corrected chi connectivity index (χ0v) is 15.2. The Labute approximate surface area is 145 Å². The first-order chi connectivity index (χ1) is 11.5. The van der Waals surface area contributed by atoms with Crippen LogP contribution >= 0.6 is 0 Å². The van der Waals surface area contributed by atoms with Crippen molar-refractivity contribution >= 4 is 11.9 Å². The van der Waals surface area contributed by atoms with Crippen molar-refractivity contribution in [3.05, 3.63) is 0 Å². The SMILES string of the molecule is CCN(CC(=O)O)C1CCN(CC(=O)NC2CCC(C)CC2)CC1. The molecule has 0 unspecified atom stereocenters. The van der Waals surface area contributed by atoms with Crippen LogP contribution in [0.5, 0.6) is 0 Å². The highest BCUT2D eigenvalue weighted by atomic mass is 16.4. The number of likely N-dealkylation sites (N-methyl/N-ethyl adjacent to an activating group) is 1. The zero-order valence-electron chi connectivity index (χ0n) is 15.2. The van der Waals surface area contributed by atoms with Gasteiger partial charge in [-0.2, -0.15) is 0 Å². The molecular formula is C18H33N3O3. The normalized spacial score (nSPS) is 26.5. The molecule has 1 heterocycles. The number of hydrogen-bond donors (Lipinski definition) is 2. The van der Waals surface area contributed by atoms with Crippen LogP contribution in [-0.4, -0.2) is 71.6 Å². The molecule has 6 nitrogen and oxygen atoms in total. The third kappa shape index (κ3) is 6.06. The van der Waals surface area contributed by atoms with Gasteiger partial charge in [0.25, 0.3) is 0 Å². The molecule has 2 N–H and O–H groups in total. The van der Waals surface area contributed by atoms with Gasteiger partial charge in [-0.25, -0.2) is 0 Å². The molecule has 2 rings (SSSR count). The molecule has 0 radical (unpaired) electrons. The molecule has 0 aromatic carbocycles. The van der Waals surface area contributed by atoms with Gasteiger partial charge in [-0.3, -0.25) is 19.4 Å². The van der Waals surface area contributed by atoms with Crippen LogP contribution in [0.1, 0.15) is 52.4 Å². The van der Waals surface area contributed by atoms with E-state index in [1.54, 1.807) is 0 Å². The second-order valence-electron chi connectivity index (χ2n) is 7.49. The summed E-state index contributed by atoms with van der Waals surface area (Å²) in [5.74, 6) is 0.177. The summed E-state index contributed by atoms with van der Waals surface area (Å²) < 4.78 is 0. The Morgan fingerprint density at radius 3 is 2.29 bits per heavy atom. The Morgan fingerprint density at radius 2 is 1.75 bits per heavy atom. The van der Waals surface area contributed by atoms with E-state index in [0.29, 0.717) is 18.6 Å². The summed E-state index contributed by atoms with van der Waals surface area (Å²) in [7, 11) is 0. The first kappa shape index (κ1) is 19.2. The van der Waals surface area contributed by atoms with E-state index < -0.39 is 5.97 Å². The van der Waals surface area contributed by atoms with E-state index in [1.165, 1.54) is 12.8 Å². The lowest BCUT2D eigenvalue weighted by Gasteiger charge is -2.37. The van der Waals surface area contributed by atoms with Crippen molar-refractivity contribution in [2.45, 2.75) is 64.5 Å². The number of piperidine rings is 1. The average Bonchev–Trinajstić information content (AvgIpc) is 2.55. The third-order valence-electron chi connectivity index (χ3n) is 5.57. The summed E-state index contributed by atoms with van der Waals surface area (Å²) in [6.07, 6.45) is 6.52. The number of nitrogens with zero attached hydrogens (tertiary/aromatic N) is 2. The van der Waals surface area contributed by atoms with Crippen LogP contribution in [0.25, 0.3) is 0 Å². The molecule has 1 saturated heterocycles. The Balaban J connectivity index is 1.68. The third-order valence-corrected chi connectivity index (χ3v) is 5.57. The molecule has 0 atom stereocenters. The molecule has 1 aliphatic carbocycles. The van der Waals surface area contributed by atoms with E-state index in [0.717, 1.165) is 51.2 Å². The Kier molecular flexibility index (Phi) is 7.49. The van der Waals surface area contributed by atoms with Gasteiger partial charge < -0.3 is 10.4 Å². The number of carbonyl (C=O) groups is 2. The maximum atomic E-state index is 12.2. The fourth-order valence-corrected chi connectivity index (χ4v) is 4.00. The second-order valence-corrected chi connectivity index (χ2v) is 7.49. The van der Waals surface area contributed by atoms with Gasteiger partial charge in [-0.15, -0.1) is 0 Å². The van der Waals surface area contributed by atoms with Crippen molar-refractivity contribution in [3.63, 3.8) is 0 Å². The molecule has 1 amide bonds. The van der Waals surface area contributed by atoms with Gasteiger partial charge in [-0.05, 0) is 51.0 Å². The lowest BCUT2D eigenvalue weighted by atomic mass is 9.87.